The monoisotopic (exact) mass is 284 g/mol. The van der Waals surface area contributed by atoms with Crippen LogP contribution in [0.4, 0.5) is 0 Å². The van der Waals surface area contributed by atoms with E-state index in [0.717, 1.165) is 39.1 Å². The van der Waals surface area contributed by atoms with Gasteiger partial charge in [-0.05, 0) is 12.8 Å². The van der Waals surface area contributed by atoms with E-state index in [1.807, 2.05) is 4.90 Å². The van der Waals surface area contributed by atoms with E-state index in [9.17, 15) is 4.79 Å². The van der Waals surface area contributed by atoms with Crippen LogP contribution < -0.4 is 0 Å². The molecule has 0 aromatic rings. The maximum atomic E-state index is 12.1. The molecule has 3 fully saturated rings. The smallest absolute Gasteiger partial charge is 0.249 e. The van der Waals surface area contributed by atoms with Gasteiger partial charge in [0.2, 0.25) is 5.91 Å². The van der Waals surface area contributed by atoms with Crippen LogP contribution in [0.3, 0.4) is 0 Å². The summed E-state index contributed by atoms with van der Waals surface area (Å²) in [4.78, 5) is 16.5. The molecule has 0 aromatic heterocycles. The summed E-state index contributed by atoms with van der Waals surface area (Å²) in [6.07, 6.45) is 2.16. The zero-order valence-corrected chi connectivity index (χ0v) is 12.1. The molecule has 0 unspecified atom stereocenters. The lowest BCUT2D eigenvalue weighted by molar-refractivity contribution is -0.158. The summed E-state index contributed by atoms with van der Waals surface area (Å²) in [6.45, 7) is 5.25. The number of rotatable bonds is 4. The lowest BCUT2D eigenvalue weighted by atomic mass is 10.0. The Labute approximate surface area is 119 Å². The number of likely N-dealkylation sites (tertiary alicyclic amines) is 1. The minimum Gasteiger partial charge on any atom is -0.383 e. The van der Waals surface area contributed by atoms with Crippen LogP contribution in [0.2, 0.25) is 0 Å². The zero-order chi connectivity index (χ0) is 13.9. The highest BCUT2D eigenvalue weighted by Gasteiger charge is 2.39. The van der Waals surface area contributed by atoms with Crippen LogP contribution >= 0.6 is 0 Å². The number of nitrogens with zero attached hydrogens (tertiary/aromatic N) is 2. The molecule has 1 amide bonds. The molecule has 3 rings (SSSR count). The molecule has 114 valence electrons. The van der Waals surface area contributed by atoms with Crippen molar-refractivity contribution in [1.82, 2.24) is 9.80 Å². The topological polar surface area (TPSA) is 51.2 Å². The number of methoxy groups -OCH3 is 1. The molecule has 3 aliphatic heterocycles. The average molecular weight is 284 g/mol. The number of hydrogen-bond donors (Lipinski definition) is 0. The largest absolute Gasteiger partial charge is 0.383 e. The predicted octanol–water partition coefficient (Wildman–Crippen LogP) is -0.277. The predicted molar refractivity (Wildman–Crippen MR) is 72.5 cm³/mol. The molecular weight excluding hydrogens is 260 g/mol. The first-order valence-electron chi connectivity index (χ1n) is 7.51. The van der Waals surface area contributed by atoms with Crippen molar-refractivity contribution in [3.8, 4) is 0 Å². The van der Waals surface area contributed by atoms with Crippen LogP contribution in [-0.4, -0.2) is 87.1 Å². The second-order valence-electron chi connectivity index (χ2n) is 5.80. The molecule has 0 spiro atoms. The molecule has 0 N–H and O–H groups in total. The Bertz CT molecular complexity index is 348. The third-order valence-electron chi connectivity index (χ3n) is 4.66. The van der Waals surface area contributed by atoms with Crippen LogP contribution in [0.25, 0.3) is 0 Å². The summed E-state index contributed by atoms with van der Waals surface area (Å²) >= 11 is 0. The van der Waals surface area contributed by atoms with E-state index in [1.165, 1.54) is 0 Å². The first-order valence-corrected chi connectivity index (χ1v) is 7.51. The molecule has 0 saturated carbocycles. The van der Waals surface area contributed by atoms with Crippen molar-refractivity contribution >= 4 is 5.91 Å². The number of morpholine rings is 1. The summed E-state index contributed by atoms with van der Waals surface area (Å²) in [5.41, 5.74) is 0. The standard InChI is InChI=1S/C14H24N2O4/c1-18-7-6-16-12-2-4-15(11-8-19-9-11)5-3-13(12)20-10-14(16)17/h11-13H,2-10H2,1H3/t12-,13-/m0/s1. The summed E-state index contributed by atoms with van der Waals surface area (Å²) in [7, 11) is 1.67. The third kappa shape index (κ3) is 2.83. The summed E-state index contributed by atoms with van der Waals surface area (Å²) in [6, 6.07) is 0.774. The fraction of sp³-hybridized carbons (Fsp3) is 0.929. The maximum Gasteiger partial charge on any atom is 0.249 e. The van der Waals surface area contributed by atoms with Gasteiger partial charge in [0.25, 0.3) is 0 Å². The fourth-order valence-corrected chi connectivity index (χ4v) is 3.36. The molecule has 2 atom stereocenters. The Morgan fingerprint density at radius 3 is 2.80 bits per heavy atom. The van der Waals surface area contributed by atoms with Gasteiger partial charge in [-0.25, -0.2) is 0 Å². The van der Waals surface area contributed by atoms with Gasteiger partial charge in [0.05, 0.1) is 38.0 Å². The highest BCUT2D eigenvalue weighted by atomic mass is 16.5. The second kappa shape index (κ2) is 6.39. The third-order valence-corrected chi connectivity index (χ3v) is 4.66. The highest BCUT2D eigenvalue weighted by molar-refractivity contribution is 5.78. The van der Waals surface area contributed by atoms with Crippen LogP contribution in [0.15, 0.2) is 0 Å². The Morgan fingerprint density at radius 1 is 1.30 bits per heavy atom. The second-order valence-corrected chi connectivity index (χ2v) is 5.80. The van der Waals surface area contributed by atoms with Crippen molar-refractivity contribution in [2.45, 2.75) is 31.0 Å². The Morgan fingerprint density at radius 2 is 2.10 bits per heavy atom. The van der Waals surface area contributed by atoms with Crippen LogP contribution in [0.1, 0.15) is 12.8 Å². The van der Waals surface area contributed by atoms with Gasteiger partial charge in [0.15, 0.2) is 0 Å². The number of carbonyl (C=O) groups is 1. The summed E-state index contributed by atoms with van der Waals surface area (Å²) in [5.74, 6) is 0.101. The number of amides is 1. The van der Waals surface area contributed by atoms with Crippen molar-refractivity contribution in [2.24, 2.45) is 0 Å². The molecule has 3 saturated heterocycles. The Kier molecular flexibility index (Phi) is 4.55. The van der Waals surface area contributed by atoms with Crippen molar-refractivity contribution in [3.63, 3.8) is 0 Å². The van der Waals surface area contributed by atoms with E-state index < -0.39 is 0 Å². The molecule has 6 nitrogen and oxygen atoms in total. The van der Waals surface area contributed by atoms with Gasteiger partial charge in [-0.2, -0.15) is 0 Å². The quantitative estimate of drug-likeness (QED) is 0.711. The van der Waals surface area contributed by atoms with E-state index in [2.05, 4.69) is 4.90 Å². The van der Waals surface area contributed by atoms with E-state index in [0.29, 0.717) is 19.2 Å². The number of carbonyl (C=O) groups excluding carboxylic acids is 1. The van der Waals surface area contributed by atoms with Gasteiger partial charge in [-0.15, -0.1) is 0 Å². The number of hydrogen-bond acceptors (Lipinski definition) is 5. The van der Waals surface area contributed by atoms with Gasteiger partial charge in [-0.3, -0.25) is 9.69 Å². The minimum absolute atomic E-state index is 0.101. The maximum absolute atomic E-state index is 12.1. The van der Waals surface area contributed by atoms with Gasteiger partial charge < -0.3 is 19.1 Å². The summed E-state index contributed by atoms with van der Waals surface area (Å²) < 4.78 is 16.2. The molecule has 0 radical (unpaired) electrons. The van der Waals surface area contributed by atoms with Crippen LogP contribution in [0.5, 0.6) is 0 Å². The average Bonchev–Trinajstić information content (AvgIpc) is 2.59. The zero-order valence-electron chi connectivity index (χ0n) is 12.1. The molecule has 0 aliphatic carbocycles. The normalized spacial score (nSPS) is 32.6. The van der Waals surface area contributed by atoms with Crippen LogP contribution in [0, 0.1) is 0 Å². The van der Waals surface area contributed by atoms with Crippen molar-refractivity contribution in [3.05, 3.63) is 0 Å². The first-order chi connectivity index (χ1) is 9.79. The van der Waals surface area contributed by atoms with Gasteiger partial charge in [0.1, 0.15) is 6.61 Å². The molecule has 6 heteroatoms. The van der Waals surface area contributed by atoms with Crippen LogP contribution in [-0.2, 0) is 19.0 Å². The van der Waals surface area contributed by atoms with Gasteiger partial charge >= 0.3 is 0 Å². The highest BCUT2D eigenvalue weighted by Crippen LogP contribution is 2.26. The van der Waals surface area contributed by atoms with E-state index in [4.69, 9.17) is 14.2 Å². The fourth-order valence-electron chi connectivity index (χ4n) is 3.36. The molecule has 3 heterocycles. The molecular formula is C14H24N2O4. The van der Waals surface area contributed by atoms with E-state index in [-0.39, 0.29) is 24.7 Å². The van der Waals surface area contributed by atoms with Gasteiger partial charge in [-0.1, -0.05) is 0 Å². The number of ether oxygens (including phenoxy) is 3. The molecule has 20 heavy (non-hydrogen) atoms. The Hall–Kier alpha value is -0.690. The minimum atomic E-state index is 0.101. The first kappa shape index (κ1) is 14.3. The Balaban J connectivity index is 1.64. The van der Waals surface area contributed by atoms with Crippen molar-refractivity contribution in [1.29, 1.82) is 0 Å². The lowest BCUT2D eigenvalue weighted by Gasteiger charge is -2.40. The summed E-state index contributed by atoms with van der Waals surface area (Å²) in [5, 5.41) is 0. The SMILES string of the molecule is COCCN1C(=O)CO[C@H]2CCN(C3COC3)CC[C@@H]21. The molecule has 3 aliphatic rings. The lowest BCUT2D eigenvalue weighted by Crippen LogP contribution is -2.55. The molecule has 0 aromatic carbocycles. The van der Waals surface area contributed by atoms with E-state index >= 15 is 0 Å². The molecule has 0 bridgehead atoms. The van der Waals surface area contributed by atoms with Gasteiger partial charge in [0, 0.05) is 26.7 Å². The van der Waals surface area contributed by atoms with Crippen molar-refractivity contribution in [2.75, 3.05) is 53.2 Å². The van der Waals surface area contributed by atoms with E-state index in [1.54, 1.807) is 7.11 Å². The van der Waals surface area contributed by atoms with Crippen molar-refractivity contribution < 1.29 is 19.0 Å². The number of fused-ring (bicyclic) bond motifs is 1.